The molecule has 6 nitrogen and oxygen atoms in total. The van der Waals surface area contributed by atoms with Gasteiger partial charge in [0.05, 0.1) is 0 Å². The van der Waals surface area contributed by atoms with E-state index in [2.05, 4.69) is 0 Å². The van der Waals surface area contributed by atoms with Gasteiger partial charge < -0.3 is 5.11 Å². The van der Waals surface area contributed by atoms with Crippen LogP contribution in [0, 0.1) is 0 Å². The van der Waals surface area contributed by atoms with Crippen molar-refractivity contribution in [3.63, 3.8) is 0 Å². The Kier molecular flexibility index (Phi) is 4.62. The van der Waals surface area contributed by atoms with Crippen LogP contribution in [0.25, 0.3) is 0 Å². The van der Waals surface area contributed by atoms with Crippen molar-refractivity contribution < 1.29 is 24.2 Å². The summed E-state index contributed by atoms with van der Waals surface area (Å²) in [5, 5.41) is 8.93. The number of aliphatic carboxylic acids is 1. The van der Waals surface area contributed by atoms with Gasteiger partial charge in [0.15, 0.2) is 0 Å². The van der Waals surface area contributed by atoms with Crippen molar-refractivity contribution >= 4 is 20.4 Å². The molecule has 0 bridgehead atoms. The van der Waals surface area contributed by atoms with Crippen LogP contribution in [0.5, 0.6) is 0 Å². The first-order chi connectivity index (χ1) is 8.56. The minimum atomic E-state index is -2.19. The standard InChI is InChI=1S/C12H23NO5Si/c1-12(2,3)19(4,5)18-17-11(16)13-8-6-7-9(13)10(14)15/h9H,6-8H2,1-5H3,(H,14,15). The fraction of sp³-hybridized carbons (Fsp3) is 0.833. The van der Waals surface area contributed by atoms with Crippen LogP contribution in [-0.4, -0.2) is 43.0 Å². The number of carbonyl (C=O) groups excluding carboxylic acids is 1. The Morgan fingerprint density at radius 1 is 1.32 bits per heavy atom. The normalized spacial score (nSPS) is 20.5. The lowest BCUT2D eigenvalue weighted by atomic mass is 10.2. The summed E-state index contributed by atoms with van der Waals surface area (Å²) in [6, 6.07) is -0.796. The molecule has 19 heavy (non-hydrogen) atoms. The Balaban J connectivity index is 2.59. The monoisotopic (exact) mass is 289 g/mol. The molecule has 7 heteroatoms. The van der Waals surface area contributed by atoms with Gasteiger partial charge in [0, 0.05) is 6.54 Å². The van der Waals surface area contributed by atoms with Gasteiger partial charge in [-0.2, -0.15) is 0 Å². The number of likely N-dealkylation sites (tertiary alicyclic amines) is 1. The number of carboxylic acid groups (broad SMARTS) is 1. The minimum Gasteiger partial charge on any atom is -0.480 e. The average Bonchev–Trinajstić information content (AvgIpc) is 2.73. The molecule has 1 fully saturated rings. The van der Waals surface area contributed by atoms with Gasteiger partial charge in [-0.3, -0.25) is 9.79 Å². The number of carbonyl (C=O) groups is 2. The molecule has 0 aromatic heterocycles. The van der Waals surface area contributed by atoms with E-state index in [-0.39, 0.29) is 5.04 Å². The van der Waals surface area contributed by atoms with Crippen LogP contribution < -0.4 is 0 Å². The van der Waals surface area contributed by atoms with E-state index < -0.39 is 26.4 Å². The van der Waals surface area contributed by atoms with Crippen molar-refractivity contribution in [2.75, 3.05) is 6.54 Å². The van der Waals surface area contributed by atoms with E-state index in [1.54, 1.807) is 0 Å². The molecule has 0 spiro atoms. The Morgan fingerprint density at radius 3 is 2.37 bits per heavy atom. The molecule has 0 aromatic rings. The molecule has 1 amide bonds. The Bertz CT molecular complexity index is 364. The van der Waals surface area contributed by atoms with Crippen molar-refractivity contribution in [1.29, 1.82) is 0 Å². The lowest BCUT2D eigenvalue weighted by molar-refractivity contribution is -0.171. The molecule has 1 aliphatic rings. The molecule has 0 aromatic carbocycles. The van der Waals surface area contributed by atoms with E-state index in [0.29, 0.717) is 19.4 Å². The molecular formula is C12H23NO5Si. The number of hydrogen-bond donors (Lipinski definition) is 1. The van der Waals surface area contributed by atoms with E-state index in [9.17, 15) is 9.59 Å². The van der Waals surface area contributed by atoms with E-state index in [4.69, 9.17) is 14.6 Å². The maximum atomic E-state index is 11.9. The van der Waals surface area contributed by atoms with Crippen molar-refractivity contribution in [2.45, 2.75) is 57.8 Å². The van der Waals surface area contributed by atoms with Crippen LogP contribution in [-0.2, 0) is 14.3 Å². The van der Waals surface area contributed by atoms with E-state index >= 15 is 0 Å². The smallest absolute Gasteiger partial charge is 0.440 e. The average molecular weight is 289 g/mol. The molecule has 0 saturated carbocycles. The van der Waals surface area contributed by atoms with Crippen LogP contribution in [0.1, 0.15) is 33.6 Å². The minimum absolute atomic E-state index is 0.0789. The molecule has 110 valence electrons. The zero-order valence-corrected chi connectivity index (χ0v) is 13.2. The van der Waals surface area contributed by atoms with Gasteiger partial charge in [-0.25, -0.2) is 14.2 Å². The highest BCUT2D eigenvalue weighted by Crippen LogP contribution is 2.36. The second-order valence-corrected chi connectivity index (χ2v) is 11.1. The van der Waals surface area contributed by atoms with Crippen LogP contribution in [0.15, 0.2) is 0 Å². The molecule has 1 atom stereocenters. The van der Waals surface area contributed by atoms with Gasteiger partial charge in [-0.15, -0.1) is 0 Å². The predicted molar refractivity (Wildman–Crippen MR) is 72.1 cm³/mol. The summed E-state index contributed by atoms with van der Waals surface area (Å²) >= 11 is 0. The second kappa shape index (κ2) is 5.50. The molecule has 0 radical (unpaired) electrons. The highest BCUT2D eigenvalue weighted by atomic mass is 28.4. The largest absolute Gasteiger partial charge is 0.480 e. The van der Waals surface area contributed by atoms with Gasteiger partial charge in [-0.1, -0.05) is 20.8 Å². The molecule has 1 aliphatic heterocycles. The number of amides is 1. The van der Waals surface area contributed by atoms with Crippen LogP contribution in [0.2, 0.25) is 18.1 Å². The van der Waals surface area contributed by atoms with Crippen LogP contribution in [0.4, 0.5) is 4.79 Å². The molecule has 1 rings (SSSR count). The summed E-state index contributed by atoms with van der Waals surface area (Å²) in [7, 11) is -2.19. The second-order valence-electron chi connectivity index (χ2n) is 6.38. The number of rotatable bonds is 3. The predicted octanol–water partition coefficient (Wildman–Crippen LogP) is 2.61. The summed E-state index contributed by atoms with van der Waals surface area (Å²) in [6.45, 7) is 10.4. The fourth-order valence-electron chi connectivity index (χ4n) is 1.55. The summed E-state index contributed by atoms with van der Waals surface area (Å²) in [5.41, 5.74) is 0. The summed E-state index contributed by atoms with van der Waals surface area (Å²) < 4.78 is 5.35. The van der Waals surface area contributed by atoms with Crippen molar-refractivity contribution in [2.24, 2.45) is 0 Å². The Hall–Kier alpha value is -1.08. The lowest BCUT2D eigenvalue weighted by Gasteiger charge is -2.34. The van der Waals surface area contributed by atoms with Gasteiger partial charge in [0.1, 0.15) is 6.04 Å². The van der Waals surface area contributed by atoms with Crippen LogP contribution in [0.3, 0.4) is 0 Å². The lowest BCUT2D eigenvalue weighted by Crippen LogP contribution is -2.45. The van der Waals surface area contributed by atoms with E-state index in [1.165, 1.54) is 4.90 Å². The van der Waals surface area contributed by atoms with Crippen LogP contribution >= 0.6 is 0 Å². The molecule has 0 aliphatic carbocycles. The Labute approximate surface area is 114 Å². The third kappa shape index (κ3) is 3.70. The molecule has 1 heterocycles. The molecule has 1 saturated heterocycles. The third-order valence-electron chi connectivity index (χ3n) is 3.90. The van der Waals surface area contributed by atoms with E-state index in [1.807, 2.05) is 33.9 Å². The zero-order valence-electron chi connectivity index (χ0n) is 12.2. The number of nitrogens with zero attached hydrogens (tertiary/aromatic N) is 1. The highest BCUT2D eigenvalue weighted by Gasteiger charge is 2.42. The van der Waals surface area contributed by atoms with Gasteiger partial charge in [-0.05, 0) is 31.0 Å². The SMILES string of the molecule is CC(C)(C)[Si](C)(C)OOC(=O)N1CCCC1C(=O)O. The topological polar surface area (TPSA) is 76.1 Å². The first kappa shape index (κ1) is 16.0. The molecular weight excluding hydrogens is 266 g/mol. The first-order valence-corrected chi connectivity index (χ1v) is 9.36. The Morgan fingerprint density at radius 2 is 1.89 bits per heavy atom. The summed E-state index contributed by atoms with van der Waals surface area (Å²) in [5.74, 6) is -0.998. The van der Waals surface area contributed by atoms with Gasteiger partial charge in [0.2, 0.25) is 0 Å². The zero-order chi connectivity index (χ0) is 14.8. The van der Waals surface area contributed by atoms with E-state index in [0.717, 1.165) is 0 Å². The maximum absolute atomic E-state index is 11.9. The third-order valence-corrected chi connectivity index (χ3v) is 8.01. The van der Waals surface area contributed by atoms with Gasteiger partial charge in [0.25, 0.3) is 8.32 Å². The highest BCUT2D eigenvalue weighted by molar-refractivity contribution is 6.73. The van der Waals surface area contributed by atoms with Gasteiger partial charge >= 0.3 is 12.1 Å². The number of hydrogen-bond acceptors (Lipinski definition) is 4. The number of carboxylic acids is 1. The fourth-order valence-corrected chi connectivity index (χ4v) is 2.08. The van der Waals surface area contributed by atoms with Crippen molar-refractivity contribution in [3.8, 4) is 0 Å². The quantitative estimate of drug-likeness (QED) is 0.491. The molecule has 1 N–H and O–H groups in total. The summed E-state index contributed by atoms with van der Waals surface area (Å²) in [4.78, 5) is 29.0. The maximum Gasteiger partial charge on any atom is 0.440 e. The van der Waals surface area contributed by atoms with Crippen molar-refractivity contribution in [1.82, 2.24) is 4.90 Å². The molecule has 1 unspecified atom stereocenters. The van der Waals surface area contributed by atoms with Crippen molar-refractivity contribution in [3.05, 3.63) is 0 Å². The first-order valence-electron chi connectivity index (χ1n) is 6.45. The summed E-state index contributed by atoms with van der Waals surface area (Å²) in [6.07, 6.45) is 0.436.